The van der Waals surface area contributed by atoms with Crippen molar-refractivity contribution >= 4 is 17.2 Å². The van der Waals surface area contributed by atoms with E-state index in [2.05, 4.69) is 17.4 Å². The number of rotatable bonds is 8. The van der Waals surface area contributed by atoms with Gasteiger partial charge in [0.05, 0.1) is 17.0 Å². The molecule has 2 aromatic heterocycles. The quantitative estimate of drug-likeness (QED) is 0.713. The van der Waals surface area contributed by atoms with Gasteiger partial charge in [0, 0.05) is 37.0 Å². The van der Waals surface area contributed by atoms with Crippen LogP contribution in [0, 0.1) is 19.8 Å². The summed E-state index contributed by atoms with van der Waals surface area (Å²) in [7, 11) is 0. The van der Waals surface area contributed by atoms with E-state index in [1.807, 2.05) is 13.8 Å². The molecule has 1 N–H and O–H groups in total. The van der Waals surface area contributed by atoms with Crippen LogP contribution < -0.4 is 5.32 Å². The predicted octanol–water partition coefficient (Wildman–Crippen LogP) is 3.45. The van der Waals surface area contributed by atoms with Crippen LogP contribution >= 0.6 is 11.3 Å². The van der Waals surface area contributed by atoms with Crippen LogP contribution in [0.5, 0.6) is 0 Å². The van der Waals surface area contributed by atoms with Gasteiger partial charge in [0.25, 0.3) is 0 Å². The third-order valence-electron chi connectivity index (χ3n) is 4.67. The fraction of sp³-hybridized carbons (Fsp3) is 0.632. The summed E-state index contributed by atoms with van der Waals surface area (Å²) in [5.41, 5.74) is 2.92. The van der Waals surface area contributed by atoms with Gasteiger partial charge in [-0.2, -0.15) is 0 Å². The number of amides is 1. The first-order chi connectivity index (χ1) is 12.6. The molecule has 2 heterocycles. The lowest BCUT2D eigenvalue weighted by molar-refractivity contribution is -0.125. The van der Waals surface area contributed by atoms with E-state index in [-0.39, 0.29) is 11.8 Å². The van der Waals surface area contributed by atoms with E-state index in [0.29, 0.717) is 19.6 Å². The van der Waals surface area contributed by atoms with Crippen LogP contribution in [0.1, 0.15) is 48.2 Å². The van der Waals surface area contributed by atoms with E-state index in [1.165, 1.54) is 4.88 Å². The zero-order valence-corrected chi connectivity index (χ0v) is 16.6. The van der Waals surface area contributed by atoms with Gasteiger partial charge in [0.1, 0.15) is 10.8 Å². The van der Waals surface area contributed by atoms with Crippen molar-refractivity contribution < 1.29 is 14.1 Å². The Labute approximate surface area is 158 Å². The number of carbonyl (C=O) groups is 1. The van der Waals surface area contributed by atoms with E-state index in [0.717, 1.165) is 60.0 Å². The first-order valence-corrected chi connectivity index (χ1v) is 10.2. The highest BCUT2D eigenvalue weighted by Gasteiger charge is 2.28. The zero-order valence-electron chi connectivity index (χ0n) is 15.8. The van der Waals surface area contributed by atoms with Crippen LogP contribution in [0.15, 0.2) is 4.52 Å². The van der Waals surface area contributed by atoms with Crippen molar-refractivity contribution in [1.29, 1.82) is 0 Å². The summed E-state index contributed by atoms with van der Waals surface area (Å²) in [6, 6.07) is 0. The highest BCUT2D eigenvalue weighted by Crippen LogP contribution is 2.36. The van der Waals surface area contributed by atoms with Gasteiger partial charge < -0.3 is 14.6 Å². The zero-order chi connectivity index (χ0) is 18.5. The molecule has 0 saturated carbocycles. The number of hydrogen-bond acceptors (Lipinski definition) is 6. The van der Waals surface area contributed by atoms with Gasteiger partial charge in [-0.15, -0.1) is 11.3 Å². The molecule has 0 spiro atoms. The Morgan fingerprint density at radius 3 is 2.96 bits per heavy atom. The largest absolute Gasteiger partial charge is 0.381 e. The fourth-order valence-corrected chi connectivity index (χ4v) is 4.52. The molecule has 3 rings (SSSR count). The van der Waals surface area contributed by atoms with Crippen LogP contribution in [0.4, 0.5) is 0 Å². The highest BCUT2D eigenvalue weighted by atomic mass is 32.1. The predicted molar refractivity (Wildman–Crippen MR) is 101 cm³/mol. The first kappa shape index (κ1) is 19.0. The maximum atomic E-state index is 12.4. The summed E-state index contributed by atoms with van der Waals surface area (Å²) >= 11 is 1.70. The Hall–Kier alpha value is -1.73. The van der Waals surface area contributed by atoms with Crippen molar-refractivity contribution in [1.82, 2.24) is 15.5 Å². The molecule has 26 heavy (non-hydrogen) atoms. The SMILES string of the molecule is CCCOCCCNC(=O)C1CCc2sc(-c3c(C)noc3C)nc2C1. The minimum absolute atomic E-state index is 0.0127. The number of nitrogens with one attached hydrogen (secondary N) is 1. The molecular formula is C19H27N3O3S. The summed E-state index contributed by atoms with van der Waals surface area (Å²) < 4.78 is 10.7. The molecule has 142 valence electrons. The number of fused-ring (bicyclic) bond motifs is 1. The minimum atomic E-state index is 0.0127. The van der Waals surface area contributed by atoms with Crippen molar-refractivity contribution in [2.45, 2.75) is 52.9 Å². The van der Waals surface area contributed by atoms with Crippen molar-refractivity contribution in [2.75, 3.05) is 19.8 Å². The lowest BCUT2D eigenvalue weighted by Crippen LogP contribution is -2.34. The average molecular weight is 378 g/mol. The molecule has 0 fully saturated rings. The number of thiazole rings is 1. The van der Waals surface area contributed by atoms with Crippen LogP contribution in [0.25, 0.3) is 10.6 Å². The molecule has 0 saturated heterocycles. The first-order valence-electron chi connectivity index (χ1n) is 9.37. The Morgan fingerprint density at radius 2 is 2.23 bits per heavy atom. The molecule has 1 unspecified atom stereocenters. The van der Waals surface area contributed by atoms with Crippen molar-refractivity contribution in [3.05, 3.63) is 22.0 Å². The van der Waals surface area contributed by atoms with Gasteiger partial charge in [-0.25, -0.2) is 4.98 Å². The number of aryl methyl sites for hydroxylation is 3. The third kappa shape index (κ3) is 4.32. The highest BCUT2D eigenvalue weighted by molar-refractivity contribution is 7.15. The van der Waals surface area contributed by atoms with Crippen LogP contribution in [0.2, 0.25) is 0 Å². The van der Waals surface area contributed by atoms with E-state index >= 15 is 0 Å². The van der Waals surface area contributed by atoms with Crippen LogP contribution in [0.3, 0.4) is 0 Å². The van der Waals surface area contributed by atoms with Gasteiger partial charge in [-0.1, -0.05) is 12.1 Å². The lowest BCUT2D eigenvalue weighted by Gasteiger charge is -2.20. The summed E-state index contributed by atoms with van der Waals surface area (Å²) in [5.74, 6) is 0.949. The minimum Gasteiger partial charge on any atom is -0.381 e. The molecule has 6 nitrogen and oxygen atoms in total. The molecule has 0 aliphatic heterocycles. The Bertz CT molecular complexity index is 734. The second-order valence-electron chi connectivity index (χ2n) is 6.78. The monoisotopic (exact) mass is 377 g/mol. The average Bonchev–Trinajstić information content (AvgIpc) is 3.19. The molecule has 1 aliphatic rings. The fourth-order valence-electron chi connectivity index (χ4n) is 3.27. The summed E-state index contributed by atoms with van der Waals surface area (Å²) in [4.78, 5) is 18.5. The third-order valence-corrected chi connectivity index (χ3v) is 5.84. The molecule has 1 atom stereocenters. The van der Waals surface area contributed by atoms with Gasteiger partial charge >= 0.3 is 0 Å². The Kier molecular flexibility index (Phi) is 6.43. The summed E-state index contributed by atoms with van der Waals surface area (Å²) in [6.45, 7) is 8.11. The van der Waals surface area contributed by atoms with Gasteiger partial charge in [-0.05, 0) is 39.5 Å². The molecule has 0 aromatic carbocycles. The number of hydrogen-bond donors (Lipinski definition) is 1. The number of nitrogens with zero attached hydrogens (tertiary/aromatic N) is 2. The van der Waals surface area contributed by atoms with Gasteiger partial charge in [-0.3, -0.25) is 4.79 Å². The lowest BCUT2D eigenvalue weighted by atomic mass is 9.90. The second-order valence-corrected chi connectivity index (χ2v) is 7.87. The van der Waals surface area contributed by atoms with E-state index in [9.17, 15) is 4.79 Å². The molecule has 1 amide bonds. The van der Waals surface area contributed by atoms with Gasteiger partial charge in [0.15, 0.2) is 0 Å². The van der Waals surface area contributed by atoms with E-state index in [1.54, 1.807) is 11.3 Å². The summed E-state index contributed by atoms with van der Waals surface area (Å²) in [6.07, 6.45) is 4.40. The normalized spacial score (nSPS) is 16.5. The number of carbonyl (C=O) groups excluding carboxylic acids is 1. The molecule has 2 aromatic rings. The van der Waals surface area contributed by atoms with E-state index in [4.69, 9.17) is 14.2 Å². The smallest absolute Gasteiger partial charge is 0.223 e. The maximum absolute atomic E-state index is 12.4. The van der Waals surface area contributed by atoms with Crippen molar-refractivity contribution in [2.24, 2.45) is 5.92 Å². The summed E-state index contributed by atoms with van der Waals surface area (Å²) in [5, 5.41) is 8.02. The standard InChI is InChI=1S/C19H27N3O3S/c1-4-9-24-10-5-8-20-18(23)14-6-7-16-15(11-14)21-19(26-16)17-12(2)22-25-13(17)3/h14H,4-11H2,1-3H3,(H,20,23). The topological polar surface area (TPSA) is 77.2 Å². The second kappa shape index (κ2) is 8.77. The number of aromatic nitrogens is 2. The Balaban J connectivity index is 1.55. The van der Waals surface area contributed by atoms with Crippen LogP contribution in [-0.2, 0) is 22.4 Å². The molecule has 0 radical (unpaired) electrons. The molecular weight excluding hydrogens is 350 g/mol. The van der Waals surface area contributed by atoms with Gasteiger partial charge in [0.2, 0.25) is 5.91 Å². The maximum Gasteiger partial charge on any atom is 0.223 e. The number of ether oxygens (including phenoxy) is 1. The van der Waals surface area contributed by atoms with E-state index < -0.39 is 0 Å². The molecule has 1 aliphatic carbocycles. The Morgan fingerprint density at radius 1 is 1.38 bits per heavy atom. The van der Waals surface area contributed by atoms with Crippen molar-refractivity contribution in [3.8, 4) is 10.6 Å². The van der Waals surface area contributed by atoms with Crippen molar-refractivity contribution in [3.63, 3.8) is 0 Å². The van der Waals surface area contributed by atoms with Crippen LogP contribution in [-0.4, -0.2) is 35.8 Å². The molecule has 7 heteroatoms. The molecule has 0 bridgehead atoms.